The normalized spacial score (nSPS) is 26.5. The lowest BCUT2D eigenvalue weighted by molar-refractivity contribution is 0.0697. The smallest absolute Gasteiger partial charge is 0.335 e. The molecule has 0 radical (unpaired) electrons. The molecular weight excluding hydrogens is 328 g/mol. The standard InChI is InChI=1S/C18H23ClN2O3/c1-20(2)14-5-3-12-9-21(10-13(12)7-14)17(22)15-8-11(18(23)24)4-6-16(15)19/h4,6,8,12-14H,3,5,7,9-10H2,1-2H3,(H,23,24). The maximum absolute atomic E-state index is 12.8. The van der Waals surface area contributed by atoms with Crippen LogP contribution in [0.25, 0.3) is 0 Å². The van der Waals surface area contributed by atoms with Crippen molar-refractivity contribution in [2.24, 2.45) is 11.8 Å². The van der Waals surface area contributed by atoms with Crippen molar-refractivity contribution in [3.8, 4) is 0 Å². The van der Waals surface area contributed by atoms with E-state index in [4.69, 9.17) is 16.7 Å². The number of hydrogen-bond acceptors (Lipinski definition) is 3. The molecule has 5 nitrogen and oxygen atoms in total. The first-order chi connectivity index (χ1) is 11.4. The third kappa shape index (κ3) is 3.28. The molecule has 1 heterocycles. The van der Waals surface area contributed by atoms with Crippen LogP contribution >= 0.6 is 11.6 Å². The molecule has 1 aliphatic heterocycles. The molecule has 3 rings (SSSR count). The van der Waals surface area contributed by atoms with Gasteiger partial charge in [0.2, 0.25) is 0 Å². The van der Waals surface area contributed by atoms with Gasteiger partial charge in [0.1, 0.15) is 0 Å². The van der Waals surface area contributed by atoms with Crippen LogP contribution in [0.2, 0.25) is 5.02 Å². The first-order valence-corrected chi connectivity index (χ1v) is 8.73. The van der Waals surface area contributed by atoms with E-state index in [2.05, 4.69) is 19.0 Å². The Balaban J connectivity index is 1.75. The van der Waals surface area contributed by atoms with Gasteiger partial charge in [0.05, 0.1) is 16.1 Å². The fourth-order valence-corrected chi connectivity index (χ4v) is 4.23. The van der Waals surface area contributed by atoms with E-state index < -0.39 is 5.97 Å². The van der Waals surface area contributed by atoms with Gasteiger partial charge in [-0.15, -0.1) is 0 Å². The number of hydrogen-bond donors (Lipinski definition) is 1. The average molecular weight is 351 g/mol. The Kier molecular flexibility index (Phi) is 4.83. The third-order valence-electron chi connectivity index (χ3n) is 5.48. The number of aromatic carboxylic acids is 1. The summed E-state index contributed by atoms with van der Waals surface area (Å²) < 4.78 is 0. The molecule has 0 aromatic heterocycles. The van der Waals surface area contributed by atoms with E-state index in [1.807, 2.05) is 4.90 Å². The molecule has 3 unspecified atom stereocenters. The number of benzene rings is 1. The molecule has 24 heavy (non-hydrogen) atoms. The van der Waals surface area contributed by atoms with Gasteiger partial charge in [0, 0.05) is 19.1 Å². The van der Waals surface area contributed by atoms with Crippen molar-refractivity contribution in [2.45, 2.75) is 25.3 Å². The zero-order chi connectivity index (χ0) is 17.4. The zero-order valence-electron chi connectivity index (χ0n) is 14.0. The molecule has 0 spiro atoms. The van der Waals surface area contributed by atoms with Crippen LogP contribution in [0.5, 0.6) is 0 Å². The first kappa shape index (κ1) is 17.2. The Morgan fingerprint density at radius 1 is 1.21 bits per heavy atom. The number of halogens is 1. The number of nitrogens with zero attached hydrogens (tertiary/aromatic N) is 2. The minimum atomic E-state index is -1.05. The van der Waals surface area contributed by atoms with Crippen molar-refractivity contribution in [3.05, 3.63) is 34.3 Å². The van der Waals surface area contributed by atoms with Crippen molar-refractivity contribution < 1.29 is 14.7 Å². The van der Waals surface area contributed by atoms with E-state index in [9.17, 15) is 9.59 Å². The summed E-state index contributed by atoms with van der Waals surface area (Å²) >= 11 is 6.14. The SMILES string of the molecule is CN(C)C1CCC2CN(C(=O)c3cc(C(=O)O)ccc3Cl)CC2C1. The fraction of sp³-hybridized carbons (Fsp3) is 0.556. The number of rotatable bonds is 3. The Hall–Kier alpha value is -1.59. The van der Waals surface area contributed by atoms with Crippen molar-refractivity contribution in [3.63, 3.8) is 0 Å². The highest BCUT2D eigenvalue weighted by Gasteiger charge is 2.40. The molecule has 1 aliphatic carbocycles. The Bertz CT molecular complexity index is 662. The van der Waals surface area contributed by atoms with Gasteiger partial charge >= 0.3 is 5.97 Å². The second-order valence-corrected chi connectivity index (χ2v) is 7.57. The number of carboxylic acid groups (broad SMARTS) is 1. The minimum Gasteiger partial charge on any atom is -0.478 e. The summed E-state index contributed by atoms with van der Waals surface area (Å²) in [6.07, 6.45) is 3.43. The zero-order valence-corrected chi connectivity index (χ0v) is 14.8. The number of fused-ring (bicyclic) bond motifs is 1. The summed E-state index contributed by atoms with van der Waals surface area (Å²) in [6, 6.07) is 4.88. The molecule has 1 N–H and O–H groups in total. The highest BCUT2D eigenvalue weighted by Crippen LogP contribution is 2.38. The Morgan fingerprint density at radius 2 is 1.92 bits per heavy atom. The fourth-order valence-electron chi connectivity index (χ4n) is 4.03. The average Bonchev–Trinajstić information content (AvgIpc) is 2.97. The number of amides is 1. The molecule has 0 bridgehead atoms. The Morgan fingerprint density at radius 3 is 2.58 bits per heavy atom. The molecule has 130 valence electrons. The molecule has 1 saturated carbocycles. The van der Waals surface area contributed by atoms with Gasteiger partial charge in [-0.3, -0.25) is 4.79 Å². The van der Waals surface area contributed by atoms with Gasteiger partial charge in [-0.2, -0.15) is 0 Å². The summed E-state index contributed by atoms with van der Waals surface area (Å²) in [6.45, 7) is 1.48. The first-order valence-electron chi connectivity index (χ1n) is 8.35. The molecular formula is C18H23ClN2O3. The molecule has 3 atom stereocenters. The third-order valence-corrected chi connectivity index (χ3v) is 5.81. The predicted molar refractivity (Wildman–Crippen MR) is 92.6 cm³/mol. The van der Waals surface area contributed by atoms with Crippen LogP contribution in [0.1, 0.15) is 40.0 Å². The quantitative estimate of drug-likeness (QED) is 0.910. The van der Waals surface area contributed by atoms with Crippen molar-refractivity contribution in [2.75, 3.05) is 27.2 Å². The maximum Gasteiger partial charge on any atom is 0.335 e. The number of likely N-dealkylation sites (tertiary alicyclic amines) is 1. The van der Waals surface area contributed by atoms with Gasteiger partial charge in [-0.25, -0.2) is 4.79 Å². The molecule has 1 aromatic carbocycles. The van der Waals surface area contributed by atoms with E-state index in [-0.39, 0.29) is 11.5 Å². The van der Waals surface area contributed by atoms with Crippen LogP contribution < -0.4 is 0 Å². The topological polar surface area (TPSA) is 60.9 Å². The van der Waals surface area contributed by atoms with Crippen molar-refractivity contribution in [1.82, 2.24) is 9.80 Å². The van der Waals surface area contributed by atoms with Crippen LogP contribution in [0.3, 0.4) is 0 Å². The summed E-state index contributed by atoms with van der Waals surface area (Å²) in [5.74, 6) is -0.133. The Labute approximate surface area is 147 Å². The summed E-state index contributed by atoms with van der Waals surface area (Å²) in [7, 11) is 4.22. The molecule has 1 saturated heterocycles. The van der Waals surface area contributed by atoms with Gasteiger partial charge in [-0.1, -0.05) is 11.6 Å². The molecule has 2 fully saturated rings. The van der Waals surface area contributed by atoms with Gasteiger partial charge in [0.15, 0.2) is 0 Å². The molecule has 6 heteroatoms. The summed E-state index contributed by atoms with van der Waals surface area (Å²) in [5, 5.41) is 9.44. The highest BCUT2D eigenvalue weighted by molar-refractivity contribution is 6.34. The van der Waals surface area contributed by atoms with E-state index in [0.717, 1.165) is 25.9 Å². The number of carboxylic acids is 1. The summed E-state index contributed by atoms with van der Waals surface area (Å²) in [5.41, 5.74) is 0.381. The number of carbonyl (C=O) groups excluding carboxylic acids is 1. The van der Waals surface area contributed by atoms with Gasteiger partial charge in [0.25, 0.3) is 5.91 Å². The van der Waals surface area contributed by atoms with Crippen LogP contribution in [-0.4, -0.2) is 60.0 Å². The van der Waals surface area contributed by atoms with E-state index in [1.165, 1.54) is 24.6 Å². The van der Waals surface area contributed by atoms with Crippen LogP contribution in [-0.2, 0) is 0 Å². The minimum absolute atomic E-state index is 0.0898. The second-order valence-electron chi connectivity index (χ2n) is 7.16. The molecule has 2 aliphatic rings. The van der Waals surface area contributed by atoms with E-state index in [1.54, 1.807) is 0 Å². The lowest BCUT2D eigenvalue weighted by Crippen LogP contribution is -2.36. The molecule has 1 amide bonds. The number of carbonyl (C=O) groups is 2. The summed E-state index contributed by atoms with van der Waals surface area (Å²) in [4.78, 5) is 28.1. The van der Waals surface area contributed by atoms with Crippen molar-refractivity contribution >= 4 is 23.5 Å². The van der Waals surface area contributed by atoms with Gasteiger partial charge < -0.3 is 14.9 Å². The second kappa shape index (κ2) is 6.73. The lowest BCUT2D eigenvalue weighted by atomic mass is 9.79. The highest BCUT2D eigenvalue weighted by atomic mass is 35.5. The maximum atomic E-state index is 12.8. The van der Waals surface area contributed by atoms with E-state index >= 15 is 0 Å². The van der Waals surface area contributed by atoms with Crippen LogP contribution in [0, 0.1) is 11.8 Å². The molecule has 1 aromatic rings. The largest absolute Gasteiger partial charge is 0.478 e. The van der Waals surface area contributed by atoms with E-state index in [0.29, 0.717) is 28.5 Å². The van der Waals surface area contributed by atoms with Crippen LogP contribution in [0.4, 0.5) is 0 Å². The lowest BCUT2D eigenvalue weighted by Gasteiger charge is -2.34. The van der Waals surface area contributed by atoms with Crippen LogP contribution in [0.15, 0.2) is 18.2 Å². The van der Waals surface area contributed by atoms with Gasteiger partial charge in [-0.05, 0) is 63.4 Å². The monoisotopic (exact) mass is 350 g/mol. The van der Waals surface area contributed by atoms with Crippen molar-refractivity contribution in [1.29, 1.82) is 0 Å². The predicted octanol–water partition coefficient (Wildman–Crippen LogP) is 2.84.